The molecule has 0 saturated heterocycles. The standard InChI is InChI=1S/C32H18N2S/c1-2-8-19(9-3-1)34-25-17-27-29(21-11-5-7-13-26(21)35-27)22-15-14-18-16-23-20-10-4-6-12-24(20)33-31(23)32(34)28(18)30(22)25/h1-17,33H. The summed E-state index contributed by atoms with van der Waals surface area (Å²) in [6.07, 6.45) is 0. The predicted molar refractivity (Wildman–Crippen MR) is 152 cm³/mol. The number of aromatic amines is 1. The van der Waals surface area contributed by atoms with E-state index in [9.17, 15) is 0 Å². The summed E-state index contributed by atoms with van der Waals surface area (Å²) in [6, 6.07) is 37.7. The van der Waals surface area contributed by atoms with Gasteiger partial charge < -0.3 is 9.55 Å². The minimum Gasteiger partial charge on any atom is -0.353 e. The first-order chi connectivity index (χ1) is 17.4. The van der Waals surface area contributed by atoms with Gasteiger partial charge in [-0.3, -0.25) is 0 Å². The molecule has 0 spiro atoms. The maximum absolute atomic E-state index is 3.79. The van der Waals surface area contributed by atoms with E-state index in [1.807, 2.05) is 11.3 Å². The van der Waals surface area contributed by atoms with Crippen LogP contribution >= 0.6 is 11.3 Å². The summed E-state index contributed by atoms with van der Waals surface area (Å²) in [6.45, 7) is 0. The summed E-state index contributed by atoms with van der Waals surface area (Å²) >= 11 is 1.89. The summed E-state index contributed by atoms with van der Waals surface area (Å²) in [5.41, 5.74) is 6.12. The zero-order valence-corrected chi connectivity index (χ0v) is 19.5. The monoisotopic (exact) mass is 462 g/mol. The Morgan fingerprint density at radius 3 is 2.29 bits per heavy atom. The molecule has 3 heteroatoms. The van der Waals surface area contributed by atoms with Gasteiger partial charge in [0.2, 0.25) is 0 Å². The molecule has 0 amide bonds. The number of H-pyrrole nitrogens is 1. The highest BCUT2D eigenvalue weighted by atomic mass is 32.1. The lowest BCUT2D eigenvalue weighted by Gasteiger charge is -2.08. The molecule has 6 aromatic carbocycles. The average molecular weight is 463 g/mol. The van der Waals surface area contributed by atoms with Crippen LogP contribution in [0.5, 0.6) is 0 Å². The lowest BCUT2D eigenvalue weighted by atomic mass is 9.97. The van der Waals surface area contributed by atoms with Crippen molar-refractivity contribution in [2.45, 2.75) is 0 Å². The minimum atomic E-state index is 1.18. The largest absolute Gasteiger partial charge is 0.353 e. The number of aromatic nitrogens is 2. The van der Waals surface area contributed by atoms with Crippen LogP contribution in [0.3, 0.4) is 0 Å². The van der Waals surface area contributed by atoms with E-state index in [0.29, 0.717) is 0 Å². The molecule has 9 aromatic rings. The van der Waals surface area contributed by atoms with Crippen LogP contribution in [-0.2, 0) is 0 Å². The van der Waals surface area contributed by atoms with Crippen LogP contribution in [0, 0.1) is 0 Å². The van der Waals surface area contributed by atoms with E-state index in [0.717, 1.165) is 0 Å². The third-order valence-electron chi connectivity index (χ3n) is 7.65. The number of thiophene rings is 1. The SMILES string of the molecule is c1ccc(-n2c3cc4sc5ccccc5c4c4ccc5cc6c7ccccc7[nH]c6c2c5c43)cc1. The van der Waals surface area contributed by atoms with Gasteiger partial charge in [0, 0.05) is 52.9 Å². The molecular weight excluding hydrogens is 444 g/mol. The molecule has 0 saturated carbocycles. The Labute approximate surface area is 204 Å². The Hall–Kier alpha value is -4.34. The van der Waals surface area contributed by atoms with E-state index < -0.39 is 0 Å². The number of para-hydroxylation sites is 2. The van der Waals surface area contributed by atoms with Crippen molar-refractivity contribution < 1.29 is 0 Å². The van der Waals surface area contributed by atoms with Gasteiger partial charge in [0.15, 0.2) is 0 Å². The molecule has 2 nitrogen and oxygen atoms in total. The number of benzene rings is 6. The van der Waals surface area contributed by atoms with Crippen LogP contribution in [0.1, 0.15) is 0 Å². The van der Waals surface area contributed by atoms with E-state index in [1.54, 1.807) is 0 Å². The first kappa shape index (κ1) is 18.0. The van der Waals surface area contributed by atoms with Crippen molar-refractivity contribution >= 4 is 85.9 Å². The molecule has 162 valence electrons. The molecule has 0 aliphatic heterocycles. The molecule has 0 unspecified atom stereocenters. The van der Waals surface area contributed by atoms with Crippen LogP contribution in [0.2, 0.25) is 0 Å². The van der Waals surface area contributed by atoms with Crippen molar-refractivity contribution in [1.82, 2.24) is 9.55 Å². The Morgan fingerprint density at radius 1 is 0.571 bits per heavy atom. The number of nitrogens with zero attached hydrogens (tertiary/aromatic N) is 1. The molecule has 0 fully saturated rings. The fourth-order valence-corrected chi connectivity index (χ4v) is 7.41. The number of fused-ring (bicyclic) bond motifs is 8. The Morgan fingerprint density at radius 2 is 1.37 bits per heavy atom. The molecule has 35 heavy (non-hydrogen) atoms. The fraction of sp³-hybridized carbons (Fsp3) is 0. The molecular formula is C32H18N2S. The number of nitrogens with one attached hydrogen (secondary N) is 1. The zero-order valence-electron chi connectivity index (χ0n) is 18.7. The highest BCUT2D eigenvalue weighted by Crippen LogP contribution is 2.48. The van der Waals surface area contributed by atoms with Crippen LogP contribution in [0.15, 0.2) is 103 Å². The van der Waals surface area contributed by atoms with Gasteiger partial charge in [-0.2, -0.15) is 0 Å². The molecule has 9 rings (SSSR count). The van der Waals surface area contributed by atoms with Gasteiger partial charge in [-0.25, -0.2) is 0 Å². The normalized spacial score (nSPS) is 12.6. The molecule has 3 aromatic heterocycles. The second-order valence-electron chi connectivity index (χ2n) is 9.44. The van der Waals surface area contributed by atoms with E-state index in [-0.39, 0.29) is 0 Å². The molecule has 0 aliphatic rings. The summed E-state index contributed by atoms with van der Waals surface area (Å²) in [4.78, 5) is 3.79. The number of hydrogen-bond acceptors (Lipinski definition) is 1. The molecule has 0 bridgehead atoms. The van der Waals surface area contributed by atoms with Crippen LogP contribution in [0.4, 0.5) is 0 Å². The van der Waals surface area contributed by atoms with Crippen LogP contribution in [-0.4, -0.2) is 9.55 Å². The fourth-order valence-electron chi connectivity index (χ4n) is 6.26. The summed E-state index contributed by atoms with van der Waals surface area (Å²) in [7, 11) is 0. The third kappa shape index (κ3) is 2.15. The topological polar surface area (TPSA) is 20.7 Å². The smallest absolute Gasteiger partial charge is 0.0789 e. The number of hydrogen-bond donors (Lipinski definition) is 1. The molecule has 0 aliphatic carbocycles. The van der Waals surface area contributed by atoms with Crippen molar-refractivity contribution in [3.8, 4) is 5.69 Å². The Bertz CT molecular complexity index is 2260. The molecule has 0 radical (unpaired) electrons. The first-order valence-electron chi connectivity index (χ1n) is 12.0. The van der Waals surface area contributed by atoms with Gasteiger partial charge >= 0.3 is 0 Å². The van der Waals surface area contributed by atoms with E-state index in [4.69, 9.17) is 0 Å². The van der Waals surface area contributed by atoms with Crippen molar-refractivity contribution in [3.63, 3.8) is 0 Å². The summed E-state index contributed by atoms with van der Waals surface area (Å²) < 4.78 is 5.17. The van der Waals surface area contributed by atoms with E-state index in [2.05, 4.69) is 113 Å². The van der Waals surface area contributed by atoms with Gasteiger partial charge in [0.25, 0.3) is 0 Å². The van der Waals surface area contributed by atoms with Crippen molar-refractivity contribution in [2.75, 3.05) is 0 Å². The van der Waals surface area contributed by atoms with Gasteiger partial charge in [0.05, 0.1) is 16.6 Å². The van der Waals surface area contributed by atoms with E-state index >= 15 is 0 Å². The predicted octanol–water partition coefficient (Wildman–Crippen LogP) is 9.38. The second-order valence-corrected chi connectivity index (χ2v) is 10.5. The van der Waals surface area contributed by atoms with Crippen LogP contribution in [0.25, 0.3) is 80.2 Å². The molecule has 0 atom stereocenters. The van der Waals surface area contributed by atoms with Crippen molar-refractivity contribution in [3.05, 3.63) is 103 Å². The lowest BCUT2D eigenvalue weighted by Crippen LogP contribution is -1.93. The zero-order chi connectivity index (χ0) is 22.7. The molecule has 1 N–H and O–H groups in total. The van der Waals surface area contributed by atoms with Crippen molar-refractivity contribution in [2.24, 2.45) is 0 Å². The maximum atomic E-state index is 3.79. The van der Waals surface area contributed by atoms with Crippen molar-refractivity contribution in [1.29, 1.82) is 0 Å². The third-order valence-corrected chi connectivity index (χ3v) is 8.77. The summed E-state index contributed by atoms with van der Waals surface area (Å²) in [5.74, 6) is 0. The highest BCUT2D eigenvalue weighted by molar-refractivity contribution is 7.26. The Balaban J connectivity index is 1.63. The second kappa shape index (κ2) is 6.21. The van der Waals surface area contributed by atoms with Crippen LogP contribution < -0.4 is 0 Å². The number of rotatable bonds is 1. The average Bonchev–Trinajstić information content (AvgIpc) is 3.57. The van der Waals surface area contributed by atoms with Gasteiger partial charge in [-0.15, -0.1) is 11.3 Å². The van der Waals surface area contributed by atoms with Gasteiger partial charge in [-0.1, -0.05) is 66.7 Å². The maximum Gasteiger partial charge on any atom is 0.0789 e. The quantitative estimate of drug-likeness (QED) is 0.235. The highest BCUT2D eigenvalue weighted by Gasteiger charge is 2.23. The lowest BCUT2D eigenvalue weighted by molar-refractivity contribution is 1.19. The van der Waals surface area contributed by atoms with E-state index in [1.165, 1.54) is 80.2 Å². The van der Waals surface area contributed by atoms with Gasteiger partial charge in [-0.05, 0) is 47.2 Å². The summed E-state index contributed by atoms with van der Waals surface area (Å²) in [5, 5.41) is 10.6. The Kier molecular flexibility index (Phi) is 3.20. The molecule has 3 heterocycles. The van der Waals surface area contributed by atoms with Gasteiger partial charge in [0.1, 0.15) is 0 Å². The minimum absolute atomic E-state index is 1.18. The first-order valence-corrected chi connectivity index (χ1v) is 12.8.